The van der Waals surface area contributed by atoms with Crippen LogP contribution in [-0.4, -0.2) is 19.6 Å². The van der Waals surface area contributed by atoms with Crippen molar-refractivity contribution < 1.29 is 13.9 Å². The molecule has 2 rings (SSSR count). The number of hydrogen-bond acceptors (Lipinski definition) is 4. The highest BCUT2D eigenvalue weighted by atomic mass is 16.5. The summed E-state index contributed by atoms with van der Waals surface area (Å²) >= 11 is 0. The molecule has 4 heteroatoms. The Balaban J connectivity index is 1.73. The molecular weight excluding hydrogens is 242 g/mol. The minimum Gasteiger partial charge on any atom is -0.467 e. The maximum absolute atomic E-state index is 11.3. The van der Waals surface area contributed by atoms with Crippen LogP contribution in [0, 0.1) is 11.8 Å². The fourth-order valence-corrected chi connectivity index (χ4v) is 2.84. The molecule has 1 N–H and O–H groups in total. The molecule has 1 aliphatic rings. The van der Waals surface area contributed by atoms with E-state index in [4.69, 9.17) is 4.42 Å². The van der Waals surface area contributed by atoms with E-state index in [0.29, 0.717) is 12.1 Å². The summed E-state index contributed by atoms with van der Waals surface area (Å²) in [5.41, 5.74) is 0.477. The third kappa shape index (κ3) is 4.10. The van der Waals surface area contributed by atoms with Crippen LogP contribution in [0.1, 0.15) is 48.7 Å². The molecule has 1 saturated carbocycles. The van der Waals surface area contributed by atoms with Gasteiger partial charge in [0, 0.05) is 0 Å². The summed E-state index contributed by atoms with van der Waals surface area (Å²) in [6.07, 6.45) is 6.81. The number of rotatable bonds is 5. The van der Waals surface area contributed by atoms with E-state index in [2.05, 4.69) is 17.0 Å². The van der Waals surface area contributed by atoms with Crippen LogP contribution in [0.3, 0.4) is 0 Å². The number of methoxy groups -OCH3 is 1. The normalized spacial score (nSPS) is 23.3. The smallest absolute Gasteiger partial charge is 0.341 e. The second-order valence-corrected chi connectivity index (χ2v) is 5.56. The van der Waals surface area contributed by atoms with Crippen LogP contribution in [0.5, 0.6) is 0 Å². The Morgan fingerprint density at radius 1 is 1.53 bits per heavy atom. The van der Waals surface area contributed by atoms with Gasteiger partial charge in [0.1, 0.15) is 12.0 Å². The van der Waals surface area contributed by atoms with Crippen LogP contribution in [-0.2, 0) is 11.3 Å². The number of carbonyl (C=O) groups is 1. The lowest BCUT2D eigenvalue weighted by Crippen LogP contribution is -2.26. The van der Waals surface area contributed by atoms with Crippen molar-refractivity contribution in [2.45, 2.75) is 39.2 Å². The van der Waals surface area contributed by atoms with Crippen molar-refractivity contribution in [2.24, 2.45) is 11.8 Å². The summed E-state index contributed by atoms with van der Waals surface area (Å²) in [4.78, 5) is 11.3. The SMILES string of the molecule is COC(=O)c1coc(CNCC2CCCC(C)C2)c1. The van der Waals surface area contributed by atoms with Crippen LogP contribution in [0.25, 0.3) is 0 Å². The number of ether oxygens (including phenoxy) is 1. The summed E-state index contributed by atoms with van der Waals surface area (Å²) in [5.74, 6) is 2.06. The zero-order valence-corrected chi connectivity index (χ0v) is 11.8. The largest absolute Gasteiger partial charge is 0.467 e. The van der Waals surface area contributed by atoms with E-state index in [0.717, 1.165) is 24.1 Å². The van der Waals surface area contributed by atoms with Gasteiger partial charge >= 0.3 is 5.97 Å². The highest BCUT2D eigenvalue weighted by Crippen LogP contribution is 2.27. The lowest BCUT2D eigenvalue weighted by molar-refractivity contribution is 0.0600. The van der Waals surface area contributed by atoms with Gasteiger partial charge in [-0.3, -0.25) is 0 Å². The first-order chi connectivity index (χ1) is 9.19. The van der Waals surface area contributed by atoms with Crippen LogP contribution in [0.4, 0.5) is 0 Å². The van der Waals surface area contributed by atoms with Gasteiger partial charge in [-0.05, 0) is 37.3 Å². The molecule has 0 aliphatic heterocycles. The minimum absolute atomic E-state index is 0.351. The van der Waals surface area contributed by atoms with E-state index in [1.54, 1.807) is 6.07 Å². The van der Waals surface area contributed by atoms with E-state index in [1.165, 1.54) is 39.1 Å². The second kappa shape index (κ2) is 6.75. The first-order valence-corrected chi connectivity index (χ1v) is 7.05. The van der Waals surface area contributed by atoms with Crippen molar-refractivity contribution in [1.29, 1.82) is 0 Å². The van der Waals surface area contributed by atoms with E-state index in [9.17, 15) is 4.79 Å². The maximum Gasteiger partial charge on any atom is 0.341 e. The molecule has 1 aromatic rings. The summed E-state index contributed by atoms with van der Waals surface area (Å²) in [6, 6.07) is 1.74. The lowest BCUT2D eigenvalue weighted by atomic mass is 9.82. The third-order valence-electron chi connectivity index (χ3n) is 3.85. The topological polar surface area (TPSA) is 51.5 Å². The van der Waals surface area contributed by atoms with Crippen LogP contribution < -0.4 is 5.32 Å². The predicted octanol–water partition coefficient (Wildman–Crippen LogP) is 2.98. The van der Waals surface area contributed by atoms with E-state index in [-0.39, 0.29) is 5.97 Å². The van der Waals surface area contributed by atoms with E-state index < -0.39 is 0 Å². The average Bonchev–Trinajstić information content (AvgIpc) is 2.87. The van der Waals surface area contributed by atoms with Gasteiger partial charge in [-0.1, -0.05) is 19.8 Å². The summed E-state index contributed by atoms with van der Waals surface area (Å²) in [6.45, 7) is 4.03. The van der Waals surface area contributed by atoms with Gasteiger partial charge in [0.25, 0.3) is 0 Å². The number of furan rings is 1. The van der Waals surface area contributed by atoms with Gasteiger partial charge in [0.05, 0.1) is 19.2 Å². The van der Waals surface area contributed by atoms with Gasteiger partial charge in [-0.25, -0.2) is 4.79 Å². The first-order valence-electron chi connectivity index (χ1n) is 7.05. The molecule has 0 amide bonds. The third-order valence-corrected chi connectivity index (χ3v) is 3.85. The molecule has 0 spiro atoms. The number of nitrogens with one attached hydrogen (secondary N) is 1. The monoisotopic (exact) mass is 265 g/mol. The Labute approximate surface area is 114 Å². The average molecular weight is 265 g/mol. The van der Waals surface area contributed by atoms with Crippen molar-refractivity contribution in [1.82, 2.24) is 5.32 Å². The predicted molar refractivity (Wildman–Crippen MR) is 72.9 cm³/mol. The molecule has 2 atom stereocenters. The first kappa shape index (κ1) is 14.1. The molecule has 1 heterocycles. The van der Waals surface area contributed by atoms with Crippen molar-refractivity contribution in [2.75, 3.05) is 13.7 Å². The maximum atomic E-state index is 11.3. The van der Waals surface area contributed by atoms with Crippen molar-refractivity contribution in [3.63, 3.8) is 0 Å². The standard InChI is InChI=1S/C15H23NO3/c1-11-4-3-5-12(6-11)8-16-9-14-7-13(10-19-14)15(17)18-2/h7,10-12,16H,3-6,8-9H2,1-2H3. The Hall–Kier alpha value is -1.29. The van der Waals surface area contributed by atoms with Crippen LogP contribution in [0.15, 0.2) is 16.7 Å². The molecule has 0 saturated heterocycles. The fourth-order valence-electron chi connectivity index (χ4n) is 2.84. The number of esters is 1. The molecule has 0 bridgehead atoms. The molecule has 1 aliphatic carbocycles. The van der Waals surface area contributed by atoms with Gasteiger partial charge in [-0.15, -0.1) is 0 Å². The Morgan fingerprint density at radius 2 is 2.37 bits per heavy atom. The van der Waals surface area contributed by atoms with Gasteiger partial charge < -0.3 is 14.5 Å². The summed E-state index contributed by atoms with van der Waals surface area (Å²) < 4.78 is 9.98. The molecule has 1 aromatic heterocycles. The molecule has 4 nitrogen and oxygen atoms in total. The van der Waals surface area contributed by atoms with Gasteiger partial charge in [-0.2, -0.15) is 0 Å². The van der Waals surface area contributed by atoms with Gasteiger partial charge in [0.2, 0.25) is 0 Å². The van der Waals surface area contributed by atoms with Crippen LogP contribution >= 0.6 is 0 Å². The van der Waals surface area contributed by atoms with E-state index in [1.807, 2.05) is 0 Å². The fraction of sp³-hybridized carbons (Fsp3) is 0.667. The minimum atomic E-state index is -0.351. The van der Waals surface area contributed by atoms with Crippen LogP contribution in [0.2, 0.25) is 0 Å². The molecular formula is C15H23NO3. The number of hydrogen-bond donors (Lipinski definition) is 1. The molecule has 0 radical (unpaired) electrons. The lowest BCUT2D eigenvalue weighted by Gasteiger charge is -2.26. The highest BCUT2D eigenvalue weighted by Gasteiger charge is 2.18. The molecule has 1 fully saturated rings. The van der Waals surface area contributed by atoms with Crippen molar-refractivity contribution in [3.05, 3.63) is 23.7 Å². The number of carbonyl (C=O) groups excluding carboxylic acids is 1. The zero-order chi connectivity index (χ0) is 13.7. The Kier molecular flexibility index (Phi) is 5.02. The molecule has 19 heavy (non-hydrogen) atoms. The zero-order valence-electron chi connectivity index (χ0n) is 11.8. The molecule has 106 valence electrons. The second-order valence-electron chi connectivity index (χ2n) is 5.56. The van der Waals surface area contributed by atoms with E-state index >= 15 is 0 Å². The molecule has 0 aromatic carbocycles. The highest BCUT2D eigenvalue weighted by molar-refractivity contribution is 5.88. The van der Waals surface area contributed by atoms with Crippen molar-refractivity contribution >= 4 is 5.97 Å². The summed E-state index contributed by atoms with van der Waals surface area (Å²) in [7, 11) is 1.37. The summed E-state index contributed by atoms with van der Waals surface area (Å²) in [5, 5.41) is 3.42. The quantitative estimate of drug-likeness (QED) is 0.832. The molecule has 2 unspecified atom stereocenters. The van der Waals surface area contributed by atoms with Gasteiger partial charge in [0.15, 0.2) is 0 Å². The Morgan fingerprint density at radius 3 is 3.11 bits per heavy atom. The van der Waals surface area contributed by atoms with Crippen molar-refractivity contribution in [3.8, 4) is 0 Å². The Bertz CT molecular complexity index is 413.